The molecule has 12 heteroatoms. The summed E-state index contributed by atoms with van der Waals surface area (Å²) in [6, 6.07) is 1.26. The van der Waals surface area contributed by atoms with E-state index in [-0.39, 0.29) is 17.0 Å². The summed E-state index contributed by atoms with van der Waals surface area (Å²) in [5.74, 6) is -8.29. The fourth-order valence-corrected chi connectivity index (χ4v) is 4.59. The maximum absolute atomic E-state index is 14.5. The lowest BCUT2D eigenvalue weighted by molar-refractivity contribution is -0.119. The minimum atomic E-state index is -1.11. The normalized spacial score (nSPS) is 15.7. The van der Waals surface area contributed by atoms with Crippen molar-refractivity contribution >= 4 is 28.8 Å². The average Bonchev–Trinajstić information content (AvgIpc) is 2.94. The van der Waals surface area contributed by atoms with Gasteiger partial charge in [-0.2, -0.15) is 0 Å². The Kier molecular flexibility index (Phi) is 11.6. The summed E-state index contributed by atoms with van der Waals surface area (Å²) in [7, 11) is 0. The number of piperidine rings is 1. The third-order valence-corrected chi connectivity index (χ3v) is 7.05. The molecule has 6 nitrogen and oxygen atoms in total. The van der Waals surface area contributed by atoms with Gasteiger partial charge in [0.25, 0.3) is 0 Å². The van der Waals surface area contributed by atoms with Crippen molar-refractivity contribution in [2.45, 2.75) is 52.9 Å². The Hall–Kier alpha value is -3.38. The second-order valence-electron chi connectivity index (χ2n) is 10.8. The van der Waals surface area contributed by atoms with Crippen LogP contribution in [0.3, 0.4) is 0 Å². The van der Waals surface area contributed by atoms with Crippen LogP contribution in [0.5, 0.6) is 0 Å². The van der Waals surface area contributed by atoms with E-state index in [9.17, 15) is 35.9 Å². The smallest absolute Gasteiger partial charge is 0.227 e. The fourth-order valence-electron chi connectivity index (χ4n) is 4.59. The van der Waals surface area contributed by atoms with Crippen LogP contribution in [0.1, 0.15) is 64.0 Å². The Morgan fingerprint density at radius 3 is 1.76 bits per heavy atom. The lowest BCUT2D eigenvalue weighted by atomic mass is 9.89. The molecule has 1 saturated heterocycles. The highest BCUT2D eigenvalue weighted by atomic mass is 19.2. The topological polar surface area (TPSA) is 82.3 Å². The van der Waals surface area contributed by atoms with E-state index in [1.807, 2.05) is 0 Å². The van der Waals surface area contributed by atoms with E-state index in [4.69, 9.17) is 0 Å². The van der Waals surface area contributed by atoms with Gasteiger partial charge in [0, 0.05) is 36.1 Å². The van der Waals surface area contributed by atoms with Crippen molar-refractivity contribution < 1.29 is 35.9 Å². The van der Waals surface area contributed by atoms with Gasteiger partial charge in [0.1, 0.15) is 23.0 Å². The number of carbonyl (C=O) groups is 2. The summed E-state index contributed by atoms with van der Waals surface area (Å²) in [5.41, 5.74) is -1.06. The zero-order chi connectivity index (χ0) is 31.1. The molecule has 2 aliphatic rings. The maximum Gasteiger partial charge on any atom is 0.227 e. The molecule has 0 saturated carbocycles. The highest BCUT2D eigenvalue weighted by molar-refractivity contribution is 5.93. The molecule has 0 aliphatic carbocycles. The molecule has 2 aliphatic heterocycles. The predicted molar refractivity (Wildman–Crippen MR) is 150 cm³/mol. The Morgan fingerprint density at radius 2 is 1.26 bits per heavy atom. The predicted octanol–water partition coefficient (Wildman–Crippen LogP) is 6.24. The first-order valence-electron chi connectivity index (χ1n) is 13.9. The highest BCUT2D eigenvalue weighted by Gasteiger charge is 2.28. The van der Waals surface area contributed by atoms with Crippen molar-refractivity contribution in [2.75, 3.05) is 36.8 Å². The summed E-state index contributed by atoms with van der Waals surface area (Å²) in [6.45, 7) is 8.85. The number of halogens is 6. The van der Waals surface area contributed by atoms with Crippen LogP contribution in [0.2, 0.25) is 0 Å². The van der Waals surface area contributed by atoms with E-state index in [1.165, 1.54) is 0 Å². The van der Waals surface area contributed by atoms with E-state index >= 15 is 0 Å². The molecule has 4 N–H and O–H groups in total. The first-order chi connectivity index (χ1) is 19.8. The van der Waals surface area contributed by atoms with E-state index in [2.05, 4.69) is 21.3 Å². The molecule has 4 rings (SSSR count). The number of anilines is 2. The molecule has 0 radical (unpaired) electrons. The van der Waals surface area contributed by atoms with E-state index in [1.54, 1.807) is 33.8 Å². The zero-order valence-corrected chi connectivity index (χ0v) is 24.0. The monoisotopic (exact) mass is 598 g/mol. The van der Waals surface area contributed by atoms with Gasteiger partial charge in [-0.25, -0.2) is 26.3 Å². The van der Waals surface area contributed by atoms with E-state index in [0.717, 1.165) is 0 Å². The van der Waals surface area contributed by atoms with Gasteiger partial charge in [-0.05, 0) is 50.4 Å². The molecule has 1 fully saturated rings. The molecule has 2 aromatic carbocycles. The number of nitrogens with one attached hydrogen (secondary N) is 4. The summed E-state index contributed by atoms with van der Waals surface area (Å²) >= 11 is 0. The van der Waals surface area contributed by atoms with Crippen LogP contribution in [0, 0.1) is 46.7 Å². The van der Waals surface area contributed by atoms with Gasteiger partial charge < -0.3 is 21.3 Å². The highest BCUT2D eigenvalue weighted by Crippen LogP contribution is 2.35. The number of rotatable bonds is 6. The number of hydrogen-bond donors (Lipinski definition) is 4. The molecule has 0 bridgehead atoms. The van der Waals surface area contributed by atoms with E-state index < -0.39 is 69.9 Å². The van der Waals surface area contributed by atoms with Crippen molar-refractivity contribution in [1.82, 2.24) is 10.6 Å². The summed E-state index contributed by atoms with van der Waals surface area (Å²) < 4.78 is 84.3. The molecule has 0 atom stereocenters. The van der Waals surface area contributed by atoms with E-state index in [0.29, 0.717) is 63.1 Å². The van der Waals surface area contributed by atoms with Crippen LogP contribution in [0.4, 0.5) is 37.7 Å². The first-order valence-corrected chi connectivity index (χ1v) is 13.9. The molecule has 0 spiro atoms. The minimum Gasteiger partial charge on any atom is -0.321 e. The fraction of sp³-hybridized carbons (Fsp3) is 0.467. The van der Waals surface area contributed by atoms with Crippen LogP contribution in [-0.4, -0.2) is 38.0 Å². The SMILES string of the molecule is CC(C)C(=O)Nc1c(F)cc(F)c(C2=CCNCC2)c1F.CC(C)C(=O)Nc1c(F)cc(F)c(C2CCNCC2)c1F. The van der Waals surface area contributed by atoms with Crippen LogP contribution in [-0.2, 0) is 9.59 Å². The van der Waals surface area contributed by atoms with Gasteiger partial charge in [0.2, 0.25) is 11.8 Å². The average molecular weight is 599 g/mol. The largest absolute Gasteiger partial charge is 0.321 e. The van der Waals surface area contributed by atoms with Crippen LogP contribution in [0.15, 0.2) is 18.2 Å². The Morgan fingerprint density at radius 1 is 0.738 bits per heavy atom. The lowest BCUT2D eigenvalue weighted by Gasteiger charge is -2.25. The summed E-state index contributed by atoms with van der Waals surface area (Å²) in [5, 5.41) is 10.5. The quantitative estimate of drug-likeness (QED) is 0.297. The molecular formula is C30H36F6N4O2. The van der Waals surface area contributed by atoms with Crippen LogP contribution >= 0.6 is 0 Å². The Bertz CT molecular complexity index is 1340. The van der Waals surface area contributed by atoms with Gasteiger partial charge in [-0.3, -0.25) is 9.59 Å². The molecule has 230 valence electrons. The molecule has 0 unspecified atom stereocenters. The second-order valence-corrected chi connectivity index (χ2v) is 10.8. The van der Waals surface area contributed by atoms with Crippen LogP contribution in [0.25, 0.3) is 5.57 Å². The molecule has 2 heterocycles. The number of hydrogen-bond acceptors (Lipinski definition) is 4. The van der Waals surface area contributed by atoms with Crippen molar-refractivity contribution in [2.24, 2.45) is 11.8 Å². The second kappa shape index (κ2) is 14.7. The molecule has 2 amide bonds. The van der Waals surface area contributed by atoms with Gasteiger partial charge in [-0.1, -0.05) is 33.8 Å². The van der Waals surface area contributed by atoms with Gasteiger partial charge in [0.05, 0.1) is 5.56 Å². The summed E-state index contributed by atoms with van der Waals surface area (Å²) in [4.78, 5) is 23.3. The summed E-state index contributed by atoms with van der Waals surface area (Å²) in [6.07, 6.45) is 3.27. The molecule has 42 heavy (non-hydrogen) atoms. The van der Waals surface area contributed by atoms with Crippen molar-refractivity contribution in [1.29, 1.82) is 0 Å². The Balaban J connectivity index is 0.000000230. The number of benzene rings is 2. The lowest BCUT2D eigenvalue weighted by Crippen LogP contribution is -2.28. The molecule has 2 aromatic rings. The van der Waals surface area contributed by atoms with Gasteiger partial charge in [0.15, 0.2) is 23.3 Å². The molecule has 0 aromatic heterocycles. The third kappa shape index (κ3) is 7.91. The third-order valence-electron chi connectivity index (χ3n) is 7.05. The zero-order valence-electron chi connectivity index (χ0n) is 24.0. The molecular weight excluding hydrogens is 562 g/mol. The van der Waals surface area contributed by atoms with Crippen LogP contribution < -0.4 is 21.3 Å². The first kappa shape index (κ1) is 33.1. The van der Waals surface area contributed by atoms with Crippen molar-refractivity contribution in [3.63, 3.8) is 0 Å². The Labute approximate surface area is 241 Å². The minimum absolute atomic E-state index is 0.128. The van der Waals surface area contributed by atoms with Crippen molar-refractivity contribution in [3.8, 4) is 0 Å². The number of carbonyl (C=O) groups excluding carboxylic acids is 2. The van der Waals surface area contributed by atoms with Crippen molar-refractivity contribution in [3.05, 3.63) is 64.2 Å². The number of amides is 2. The standard InChI is InChI=1S/C15H19F3N2O.C15H17F3N2O/c2*1-8(2)15(21)20-14-11(17)7-10(16)12(13(14)18)9-3-5-19-6-4-9/h7-9,19H,3-6H2,1-2H3,(H,20,21);3,7-8,19H,4-6H2,1-2H3,(H,20,21). The van der Waals surface area contributed by atoms with Gasteiger partial charge in [-0.15, -0.1) is 0 Å². The van der Waals surface area contributed by atoms with Gasteiger partial charge >= 0.3 is 0 Å². The maximum atomic E-state index is 14.5.